The quantitative estimate of drug-likeness (QED) is 0.647. The second-order valence-corrected chi connectivity index (χ2v) is 2.50. The molecule has 0 aliphatic carbocycles. The lowest BCUT2D eigenvalue weighted by molar-refractivity contribution is 0.366. The van der Waals surface area contributed by atoms with E-state index in [-0.39, 0.29) is 0 Å². The molecule has 0 saturated heterocycles. The highest BCUT2D eigenvalue weighted by molar-refractivity contribution is 4.92. The normalized spacial score (nSPS) is 13.3. The molecule has 1 heterocycles. The van der Waals surface area contributed by atoms with Crippen molar-refractivity contribution >= 4 is 0 Å². The number of hydrogen-bond acceptors (Lipinski definition) is 4. The van der Waals surface area contributed by atoms with Crippen molar-refractivity contribution in [3.8, 4) is 0 Å². The third kappa shape index (κ3) is 2.69. The summed E-state index contributed by atoms with van der Waals surface area (Å²) in [7, 11) is 0. The molecule has 3 N–H and O–H groups in total. The van der Waals surface area contributed by atoms with Crippen LogP contribution in [-0.2, 0) is 6.54 Å². The maximum atomic E-state index is 5.40. The molecule has 0 saturated carbocycles. The molecule has 1 aromatic rings. The molecule has 0 spiro atoms. The zero-order valence-corrected chi connectivity index (χ0v) is 6.58. The predicted octanol–water partition coefficient (Wildman–Crippen LogP) is 0.111. The monoisotopic (exact) mass is 155 g/mol. The molecular formula is C7H13N3O. The third-order valence-corrected chi connectivity index (χ3v) is 1.47. The maximum Gasteiger partial charge on any atom is 0.150 e. The Hall–Kier alpha value is -0.870. The van der Waals surface area contributed by atoms with Crippen LogP contribution in [0.4, 0.5) is 0 Å². The minimum absolute atomic E-state index is 0.320. The summed E-state index contributed by atoms with van der Waals surface area (Å²) in [4.78, 5) is 0. The van der Waals surface area contributed by atoms with Crippen LogP contribution in [0.1, 0.15) is 12.7 Å². The molecule has 0 bridgehead atoms. The van der Waals surface area contributed by atoms with Gasteiger partial charge in [0, 0.05) is 18.7 Å². The van der Waals surface area contributed by atoms with Crippen molar-refractivity contribution in [2.24, 2.45) is 5.73 Å². The zero-order valence-electron chi connectivity index (χ0n) is 6.58. The molecule has 0 radical (unpaired) electrons. The van der Waals surface area contributed by atoms with Crippen molar-refractivity contribution in [3.63, 3.8) is 0 Å². The summed E-state index contributed by atoms with van der Waals surface area (Å²) >= 11 is 0. The number of nitrogens with one attached hydrogen (secondary N) is 1. The van der Waals surface area contributed by atoms with E-state index < -0.39 is 0 Å². The fraction of sp³-hybridized carbons (Fsp3) is 0.571. The van der Waals surface area contributed by atoms with Gasteiger partial charge < -0.3 is 15.6 Å². The van der Waals surface area contributed by atoms with Crippen LogP contribution in [0.25, 0.3) is 0 Å². The van der Waals surface area contributed by atoms with Gasteiger partial charge in [0.15, 0.2) is 0 Å². The van der Waals surface area contributed by atoms with Crippen LogP contribution >= 0.6 is 0 Å². The van der Waals surface area contributed by atoms with Gasteiger partial charge in [-0.05, 0) is 6.92 Å². The van der Waals surface area contributed by atoms with Gasteiger partial charge in [0.25, 0.3) is 0 Å². The molecule has 1 aromatic heterocycles. The van der Waals surface area contributed by atoms with Gasteiger partial charge in [0.2, 0.25) is 0 Å². The molecular weight excluding hydrogens is 142 g/mol. The highest BCUT2D eigenvalue weighted by atomic mass is 16.5. The van der Waals surface area contributed by atoms with Crippen molar-refractivity contribution in [1.82, 2.24) is 10.5 Å². The Bertz CT molecular complexity index is 186. The van der Waals surface area contributed by atoms with Crippen LogP contribution in [0.15, 0.2) is 16.8 Å². The van der Waals surface area contributed by atoms with Crippen LogP contribution < -0.4 is 11.1 Å². The Labute approximate surface area is 65.7 Å². The van der Waals surface area contributed by atoms with Gasteiger partial charge in [-0.15, -0.1) is 0 Å². The van der Waals surface area contributed by atoms with E-state index in [1.54, 1.807) is 6.20 Å². The summed E-state index contributed by atoms with van der Waals surface area (Å²) in [6, 6.07) is 2.15. The van der Waals surface area contributed by atoms with Crippen molar-refractivity contribution in [1.29, 1.82) is 0 Å². The Kier molecular flexibility index (Phi) is 3.07. The van der Waals surface area contributed by atoms with Crippen molar-refractivity contribution in [2.75, 3.05) is 6.54 Å². The molecule has 1 atom stereocenters. The highest BCUT2D eigenvalue weighted by Crippen LogP contribution is 1.95. The molecule has 4 heteroatoms. The van der Waals surface area contributed by atoms with Crippen LogP contribution in [-0.4, -0.2) is 17.7 Å². The van der Waals surface area contributed by atoms with Crippen LogP contribution in [0.3, 0.4) is 0 Å². The average Bonchev–Trinajstić information content (AvgIpc) is 2.52. The second kappa shape index (κ2) is 4.10. The van der Waals surface area contributed by atoms with E-state index in [0.717, 1.165) is 5.76 Å². The lowest BCUT2D eigenvalue weighted by atomic mass is 10.3. The highest BCUT2D eigenvalue weighted by Gasteiger charge is 1.99. The molecule has 11 heavy (non-hydrogen) atoms. The zero-order chi connectivity index (χ0) is 8.10. The number of nitrogens with two attached hydrogens (primary N) is 1. The van der Waals surface area contributed by atoms with Gasteiger partial charge in [-0.2, -0.15) is 0 Å². The van der Waals surface area contributed by atoms with E-state index in [4.69, 9.17) is 10.3 Å². The maximum absolute atomic E-state index is 5.40. The topological polar surface area (TPSA) is 64.1 Å². The van der Waals surface area contributed by atoms with Crippen molar-refractivity contribution in [2.45, 2.75) is 19.5 Å². The number of rotatable bonds is 4. The predicted molar refractivity (Wildman–Crippen MR) is 41.9 cm³/mol. The van der Waals surface area contributed by atoms with Gasteiger partial charge in [-0.1, -0.05) is 5.16 Å². The third-order valence-electron chi connectivity index (χ3n) is 1.47. The molecule has 1 unspecified atom stereocenters. The molecule has 0 aromatic carbocycles. The van der Waals surface area contributed by atoms with Crippen LogP contribution in [0.5, 0.6) is 0 Å². The Morgan fingerprint density at radius 1 is 1.82 bits per heavy atom. The molecule has 0 fully saturated rings. The SMILES string of the molecule is CC(CN)NCc1ccno1. The van der Waals surface area contributed by atoms with Crippen LogP contribution in [0.2, 0.25) is 0 Å². The van der Waals surface area contributed by atoms with E-state index in [9.17, 15) is 0 Å². The Balaban J connectivity index is 2.23. The van der Waals surface area contributed by atoms with Crippen molar-refractivity contribution < 1.29 is 4.52 Å². The minimum atomic E-state index is 0.320. The van der Waals surface area contributed by atoms with Gasteiger partial charge in [-0.3, -0.25) is 0 Å². The van der Waals surface area contributed by atoms with Gasteiger partial charge in [0.1, 0.15) is 5.76 Å². The molecule has 62 valence electrons. The smallest absolute Gasteiger partial charge is 0.150 e. The summed E-state index contributed by atoms with van der Waals surface area (Å²) in [5.74, 6) is 0.838. The van der Waals surface area contributed by atoms with E-state index in [1.165, 1.54) is 0 Å². The molecule has 0 amide bonds. The Morgan fingerprint density at radius 2 is 2.64 bits per heavy atom. The second-order valence-electron chi connectivity index (χ2n) is 2.50. The van der Waals surface area contributed by atoms with E-state index in [1.807, 2.05) is 13.0 Å². The standard InChI is InChI=1S/C7H13N3O/c1-6(4-8)9-5-7-2-3-10-11-7/h2-3,6,9H,4-5,8H2,1H3. The first kappa shape index (κ1) is 8.23. The van der Waals surface area contributed by atoms with E-state index in [2.05, 4.69) is 10.5 Å². The van der Waals surface area contributed by atoms with Crippen molar-refractivity contribution in [3.05, 3.63) is 18.0 Å². The number of nitrogens with zero attached hydrogens (tertiary/aromatic N) is 1. The number of aromatic nitrogens is 1. The fourth-order valence-corrected chi connectivity index (χ4v) is 0.691. The van der Waals surface area contributed by atoms with Gasteiger partial charge in [-0.25, -0.2) is 0 Å². The molecule has 0 aliphatic heterocycles. The molecule has 4 nitrogen and oxygen atoms in total. The summed E-state index contributed by atoms with van der Waals surface area (Å²) in [6.07, 6.45) is 1.63. The first-order valence-electron chi connectivity index (χ1n) is 3.66. The average molecular weight is 155 g/mol. The van der Waals surface area contributed by atoms with Crippen LogP contribution in [0, 0.1) is 0 Å². The molecule has 1 rings (SSSR count). The lowest BCUT2D eigenvalue weighted by Gasteiger charge is -2.07. The van der Waals surface area contributed by atoms with E-state index >= 15 is 0 Å². The van der Waals surface area contributed by atoms with Gasteiger partial charge >= 0.3 is 0 Å². The van der Waals surface area contributed by atoms with Gasteiger partial charge in [0.05, 0.1) is 12.7 Å². The summed E-state index contributed by atoms with van der Waals surface area (Å²) in [5.41, 5.74) is 5.40. The molecule has 0 aliphatic rings. The summed E-state index contributed by atoms with van der Waals surface area (Å²) in [5, 5.41) is 6.76. The summed E-state index contributed by atoms with van der Waals surface area (Å²) < 4.78 is 4.88. The number of hydrogen-bond donors (Lipinski definition) is 2. The minimum Gasteiger partial charge on any atom is -0.360 e. The Morgan fingerprint density at radius 3 is 3.18 bits per heavy atom. The first-order chi connectivity index (χ1) is 5.33. The fourth-order valence-electron chi connectivity index (χ4n) is 0.691. The summed E-state index contributed by atoms with van der Waals surface area (Å²) in [6.45, 7) is 3.35. The largest absolute Gasteiger partial charge is 0.360 e. The first-order valence-corrected chi connectivity index (χ1v) is 3.66. The van der Waals surface area contributed by atoms with E-state index in [0.29, 0.717) is 19.1 Å². The lowest BCUT2D eigenvalue weighted by Crippen LogP contribution is -2.32.